The molecule has 0 atom stereocenters. The zero-order valence-electron chi connectivity index (χ0n) is 10.1. The topological polar surface area (TPSA) is 50.4 Å². The fourth-order valence-electron chi connectivity index (χ4n) is 1.26. The molecule has 0 rings (SSSR count). The molecule has 0 aliphatic carbocycles. The highest BCUT2D eigenvalue weighted by Gasteiger charge is 2.19. The molecule has 92 valence electrons. The fraction of sp³-hybridized carbons (Fsp3) is 0.900. The molecule has 4 nitrogen and oxygen atoms in total. The van der Waals surface area contributed by atoms with Crippen molar-refractivity contribution in [2.24, 2.45) is 0 Å². The molecule has 0 bridgehead atoms. The first-order chi connectivity index (χ1) is 6.52. The zero-order valence-corrected chi connectivity index (χ0v) is 10.9. The van der Waals surface area contributed by atoms with Crippen LogP contribution in [0.4, 0.5) is 0 Å². The first-order valence-electron chi connectivity index (χ1n) is 4.96. The summed E-state index contributed by atoms with van der Waals surface area (Å²) < 4.78 is 5.01. The number of hydrogen-bond donors (Lipinski definition) is 2. The van der Waals surface area contributed by atoms with Gasteiger partial charge in [-0.05, 0) is 33.9 Å². The Morgan fingerprint density at radius 2 is 2.00 bits per heavy atom. The molecule has 0 saturated heterocycles. The van der Waals surface area contributed by atoms with Gasteiger partial charge in [0.15, 0.2) is 0 Å². The largest absolute Gasteiger partial charge is 0.382 e. The van der Waals surface area contributed by atoms with Crippen LogP contribution in [0.5, 0.6) is 0 Å². The summed E-state index contributed by atoms with van der Waals surface area (Å²) >= 11 is 0. The van der Waals surface area contributed by atoms with E-state index in [2.05, 4.69) is 10.6 Å². The Kier molecular flexibility index (Phi) is 10.2. The minimum absolute atomic E-state index is 0. The van der Waals surface area contributed by atoms with Crippen LogP contribution in [0.3, 0.4) is 0 Å². The van der Waals surface area contributed by atoms with Gasteiger partial charge >= 0.3 is 0 Å². The van der Waals surface area contributed by atoms with Gasteiger partial charge in [-0.1, -0.05) is 0 Å². The summed E-state index contributed by atoms with van der Waals surface area (Å²) in [6.07, 6.45) is 1.43. The van der Waals surface area contributed by atoms with E-state index in [0.29, 0.717) is 13.0 Å². The molecule has 15 heavy (non-hydrogen) atoms. The van der Waals surface area contributed by atoms with E-state index in [4.69, 9.17) is 4.74 Å². The molecular weight excluding hydrogens is 216 g/mol. The van der Waals surface area contributed by atoms with Crippen LogP contribution < -0.4 is 10.6 Å². The maximum absolute atomic E-state index is 11.4. The Morgan fingerprint density at radius 3 is 2.47 bits per heavy atom. The fourth-order valence-corrected chi connectivity index (χ4v) is 1.26. The summed E-state index contributed by atoms with van der Waals surface area (Å²) in [5.41, 5.74) is -0.272. The number of rotatable bonds is 7. The molecule has 0 fully saturated rings. The quantitative estimate of drug-likeness (QED) is 0.650. The molecule has 0 spiro atoms. The molecule has 1 amide bonds. The lowest BCUT2D eigenvalue weighted by molar-refractivity contribution is -0.123. The number of amides is 1. The molecule has 0 radical (unpaired) electrons. The van der Waals surface area contributed by atoms with E-state index in [1.807, 2.05) is 20.9 Å². The van der Waals surface area contributed by atoms with Gasteiger partial charge < -0.3 is 15.4 Å². The van der Waals surface area contributed by atoms with Crippen molar-refractivity contribution in [1.82, 2.24) is 10.6 Å². The smallest absolute Gasteiger partial charge is 0.220 e. The Bertz CT molecular complexity index is 175. The van der Waals surface area contributed by atoms with Crippen LogP contribution in [0.15, 0.2) is 0 Å². The average molecular weight is 239 g/mol. The normalized spacial score (nSPS) is 10.7. The summed E-state index contributed by atoms with van der Waals surface area (Å²) in [6, 6.07) is 0. The maximum atomic E-state index is 11.4. The summed E-state index contributed by atoms with van der Waals surface area (Å²) in [7, 11) is 3.52. The minimum Gasteiger partial charge on any atom is -0.382 e. The van der Waals surface area contributed by atoms with Crippen molar-refractivity contribution in [2.75, 3.05) is 27.3 Å². The summed E-state index contributed by atoms with van der Waals surface area (Å²) in [4.78, 5) is 11.4. The molecule has 0 aliphatic heterocycles. The van der Waals surface area contributed by atoms with Crippen LogP contribution in [-0.2, 0) is 9.53 Å². The van der Waals surface area contributed by atoms with Gasteiger partial charge in [0.25, 0.3) is 0 Å². The molecule has 0 aliphatic rings. The zero-order chi connectivity index (χ0) is 11.0. The van der Waals surface area contributed by atoms with Crippen LogP contribution in [0.2, 0.25) is 0 Å². The molecule has 5 heteroatoms. The minimum atomic E-state index is -0.272. The Hall–Kier alpha value is -0.320. The van der Waals surface area contributed by atoms with Crippen LogP contribution in [-0.4, -0.2) is 38.8 Å². The van der Waals surface area contributed by atoms with E-state index in [-0.39, 0.29) is 23.9 Å². The summed E-state index contributed by atoms with van der Waals surface area (Å²) in [5, 5.41) is 5.93. The third-order valence-electron chi connectivity index (χ3n) is 1.81. The Labute approximate surface area is 98.6 Å². The van der Waals surface area contributed by atoms with Crippen LogP contribution in [0.25, 0.3) is 0 Å². The van der Waals surface area contributed by atoms with E-state index in [1.165, 1.54) is 0 Å². The number of carbonyl (C=O) groups excluding carboxylic acids is 1. The lowest BCUT2D eigenvalue weighted by Crippen LogP contribution is -2.46. The van der Waals surface area contributed by atoms with Crippen LogP contribution in [0, 0.1) is 0 Å². The van der Waals surface area contributed by atoms with Gasteiger partial charge in [0.05, 0.1) is 12.1 Å². The van der Waals surface area contributed by atoms with Crippen molar-refractivity contribution in [3.05, 3.63) is 0 Å². The molecule has 2 N–H and O–H groups in total. The van der Waals surface area contributed by atoms with Gasteiger partial charge in [-0.2, -0.15) is 0 Å². The third-order valence-corrected chi connectivity index (χ3v) is 1.81. The first-order valence-corrected chi connectivity index (χ1v) is 4.96. The number of nitrogens with one attached hydrogen (secondary N) is 2. The highest BCUT2D eigenvalue weighted by Crippen LogP contribution is 2.02. The van der Waals surface area contributed by atoms with E-state index in [9.17, 15) is 4.79 Å². The van der Waals surface area contributed by atoms with Crippen molar-refractivity contribution >= 4 is 18.3 Å². The average Bonchev–Trinajstić information content (AvgIpc) is 2.03. The standard InChI is InChI=1S/C10H22N2O2.ClH/c1-10(2,8-14-4)12-9(13)6-5-7-11-3;/h11H,5-8H2,1-4H3,(H,12,13);1H. The second-order valence-corrected chi connectivity index (χ2v) is 4.07. The van der Waals surface area contributed by atoms with Gasteiger partial charge in [-0.15, -0.1) is 12.4 Å². The molecule has 0 aromatic rings. The van der Waals surface area contributed by atoms with E-state index in [1.54, 1.807) is 7.11 Å². The number of hydrogen-bond acceptors (Lipinski definition) is 3. The number of halogens is 1. The summed E-state index contributed by atoms with van der Waals surface area (Å²) in [6.45, 7) is 5.31. The van der Waals surface area contributed by atoms with Crippen molar-refractivity contribution < 1.29 is 9.53 Å². The molecular formula is C10H23ClN2O2. The second kappa shape index (κ2) is 8.95. The lowest BCUT2D eigenvalue weighted by Gasteiger charge is -2.25. The van der Waals surface area contributed by atoms with E-state index >= 15 is 0 Å². The van der Waals surface area contributed by atoms with Gasteiger partial charge in [0.2, 0.25) is 5.91 Å². The SMILES string of the molecule is CNCCCC(=O)NC(C)(C)COC.Cl. The van der Waals surface area contributed by atoms with Crippen LogP contribution >= 0.6 is 12.4 Å². The first kappa shape index (κ1) is 17.1. The number of methoxy groups -OCH3 is 1. The second-order valence-electron chi connectivity index (χ2n) is 4.07. The molecule has 0 unspecified atom stereocenters. The lowest BCUT2D eigenvalue weighted by atomic mass is 10.1. The predicted molar refractivity (Wildman–Crippen MR) is 64.5 cm³/mol. The highest BCUT2D eigenvalue weighted by molar-refractivity contribution is 5.85. The van der Waals surface area contributed by atoms with Gasteiger partial charge in [0.1, 0.15) is 0 Å². The van der Waals surface area contributed by atoms with Gasteiger partial charge in [-0.25, -0.2) is 0 Å². The van der Waals surface area contributed by atoms with Crippen molar-refractivity contribution in [1.29, 1.82) is 0 Å². The molecule has 0 saturated carbocycles. The summed E-state index contributed by atoms with van der Waals surface area (Å²) in [5.74, 6) is 0.0855. The Morgan fingerprint density at radius 1 is 1.40 bits per heavy atom. The number of ether oxygens (including phenoxy) is 1. The van der Waals surface area contributed by atoms with E-state index in [0.717, 1.165) is 13.0 Å². The molecule has 0 heterocycles. The predicted octanol–water partition coefficient (Wildman–Crippen LogP) is 0.949. The van der Waals surface area contributed by atoms with Gasteiger partial charge in [-0.3, -0.25) is 4.79 Å². The van der Waals surface area contributed by atoms with E-state index < -0.39 is 0 Å². The monoisotopic (exact) mass is 238 g/mol. The third kappa shape index (κ3) is 9.97. The van der Waals surface area contributed by atoms with Crippen molar-refractivity contribution in [3.8, 4) is 0 Å². The molecule has 0 aromatic heterocycles. The Balaban J connectivity index is 0. The number of carbonyl (C=O) groups is 1. The van der Waals surface area contributed by atoms with Crippen LogP contribution in [0.1, 0.15) is 26.7 Å². The highest BCUT2D eigenvalue weighted by atomic mass is 35.5. The van der Waals surface area contributed by atoms with Gasteiger partial charge in [0, 0.05) is 13.5 Å². The maximum Gasteiger partial charge on any atom is 0.220 e. The van der Waals surface area contributed by atoms with Crippen molar-refractivity contribution in [3.63, 3.8) is 0 Å². The molecule has 0 aromatic carbocycles. The van der Waals surface area contributed by atoms with Crippen molar-refractivity contribution in [2.45, 2.75) is 32.2 Å².